The molecule has 0 spiro atoms. The second-order valence-corrected chi connectivity index (χ2v) is 26.7. The fourth-order valence-electron chi connectivity index (χ4n) is 4.50. The predicted octanol–water partition coefficient (Wildman–Crippen LogP) is 8.44. The first kappa shape index (κ1) is 76.6. The Bertz CT molecular complexity index is 1490. The molecule has 0 amide bonds. The fourth-order valence-corrected chi connectivity index (χ4v) is 11.8. The molecular formula is C33H76Cl4N2NaO20P7+2. The fraction of sp³-hybridized carbons (Fsp3) is 1.00. The summed E-state index contributed by atoms with van der Waals surface area (Å²) in [5.41, 5.74) is 5.38. The summed E-state index contributed by atoms with van der Waals surface area (Å²) < 4.78 is 141. The summed E-state index contributed by atoms with van der Waals surface area (Å²) in [5.74, 6) is 0. The van der Waals surface area contributed by atoms with Crippen LogP contribution in [-0.4, -0.2) is 141 Å². The van der Waals surface area contributed by atoms with Crippen LogP contribution < -0.4 is 40.4 Å². The molecule has 4 N–H and O–H groups in total. The number of phosphoric ester groups is 1. The average molecular weight is 1200 g/mol. The Morgan fingerprint density at radius 3 is 1.57 bits per heavy atom. The molecule has 22 nitrogen and oxygen atoms in total. The van der Waals surface area contributed by atoms with E-state index in [-0.39, 0.29) is 79.2 Å². The van der Waals surface area contributed by atoms with E-state index in [9.17, 15) is 27.4 Å². The number of phosphoric acid groups is 1. The zero-order valence-corrected chi connectivity index (χ0v) is 52.3. The zero-order valence-electron chi connectivity index (χ0n) is 41.7. The van der Waals surface area contributed by atoms with Gasteiger partial charge >= 0.3 is 60.6 Å². The third-order valence-corrected chi connectivity index (χ3v) is 14.9. The summed E-state index contributed by atoms with van der Waals surface area (Å²) in [4.78, 5) is 0. The van der Waals surface area contributed by atoms with Crippen LogP contribution in [0.15, 0.2) is 0 Å². The van der Waals surface area contributed by atoms with Crippen molar-refractivity contribution < 1.29 is 123 Å². The van der Waals surface area contributed by atoms with Crippen LogP contribution in [0.3, 0.4) is 0 Å². The molecule has 14 unspecified atom stereocenters. The topological polar surface area (TPSA) is 290 Å². The molecular weight excluding hydrogens is 1130 g/mol. The molecule has 1 aliphatic heterocycles. The number of nitrogens with two attached hydrogens (primary N) is 1. The number of hydrogen-bond acceptors (Lipinski definition) is 21. The molecule has 67 heavy (non-hydrogen) atoms. The first-order valence-electron chi connectivity index (χ1n) is 20.7. The molecule has 34 heteroatoms. The van der Waals surface area contributed by atoms with E-state index in [0.717, 1.165) is 19.3 Å². The van der Waals surface area contributed by atoms with Crippen molar-refractivity contribution in [2.75, 3.05) is 87.3 Å². The van der Waals surface area contributed by atoms with Crippen LogP contribution in [0.25, 0.3) is 0 Å². The van der Waals surface area contributed by atoms with Gasteiger partial charge in [-0.25, -0.2) is 14.2 Å². The third-order valence-electron chi connectivity index (χ3n) is 7.37. The van der Waals surface area contributed by atoms with E-state index in [1.54, 1.807) is 35.0 Å². The molecule has 1 heterocycles. The van der Waals surface area contributed by atoms with Gasteiger partial charge in [-0.15, -0.1) is 22.8 Å². The molecule has 0 radical (unpaired) electrons. The van der Waals surface area contributed by atoms with Crippen molar-refractivity contribution in [3.05, 3.63) is 0 Å². The SMILES string of the molecule is CC1CO[P+](=O)O1.COCC(C)OP(C)(=O)Cl.COCC(C)O[P+](C)=O.ClCl.NC1CCC1.[3H]C(P)OP(=O)(OCC(C)OP(C)(=O)NC1CCC1)OC(C)COP(=O)(Cl)OC(C)COC.[Na+].[OH-]. The molecule has 2 aliphatic carbocycles. The van der Waals surface area contributed by atoms with Gasteiger partial charge < -0.3 is 34.5 Å². The second-order valence-electron chi connectivity index (χ2n) is 14.6. The summed E-state index contributed by atoms with van der Waals surface area (Å²) in [7, 11) is 4.22. The maximum atomic E-state index is 13.0. The van der Waals surface area contributed by atoms with Crippen LogP contribution >= 0.6 is 98.7 Å². The standard InChI is InChI=1S/C16H36ClNO10P4.C5H12ClO3P.C5H12O3P.C4H9N.C3H6O3P.Cl2.Na.H2O/c1-13(9-22-4)27-31(17,20)23-10-15(3)28-32(21,25-12-29)24-11-14(2)26-30(5,19)18-16-7-6-8-16;1-5(4-8-2)9-10(3,6)7;1-5(4-7-2)8-9(3)6;5-4-2-1-3-4;1-3-2-5-7(4)6-3;1-2;;/h13-16H,6-12,29H2,1-5H3,(H,18,19);5H,4H2,1-3H3;5H,4H2,1-3H3;4H,1-3,5H2;3H,2H2,1H3;;;1H2/q;;+1;;+1;;+1;/p-1/i12T;;;;;;;. The molecule has 0 aromatic carbocycles. The smallest absolute Gasteiger partial charge is 0.870 e. The van der Waals surface area contributed by atoms with Crippen molar-refractivity contribution in [1.82, 2.24) is 5.09 Å². The largest absolute Gasteiger partial charge is 1.00 e. The monoisotopic (exact) mass is 1200 g/mol. The maximum Gasteiger partial charge on any atom is 1.00 e. The molecule has 14 atom stereocenters. The second kappa shape index (κ2) is 45.3. The summed E-state index contributed by atoms with van der Waals surface area (Å²) in [6.07, 6.45) is 3.03. The van der Waals surface area contributed by atoms with Crippen molar-refractivity contribution in [1.29, 1.82) is 0 Å². The minimum absolute atomic E-state index is 0. The van der Waals surface area contributed by atoms with Gasteiger partial charge in [0.1, 0.15) is 18.8 Å². The van der Waals surface area contributed by atoms with Gasteiger partial charge in [0, 0.05) is 84.3 Å². The van der Waals surface area contributed by atoms with Gasteiger partial charge in [-0.3, -0.25) is 31.7 Å². The van der Waals surface area contributed by atoms with E-state index in [1.165, 1.54) is 53.3 Å². The number of ether oxygens (including phenoxy) is 3. The quantitative estimate of drug-likeness (QED) is 0.0606. The van der Waals surface area contributed by atoms with E-state index >= 15 is 0 Å². The van der Waals surface area contributed by atoms with Gasteiger partial charge in [0.25, 0.3) is 14.2 Å². The number of methoxy groups -OCH3 is 3. The van der Waals surface area contributed by atoms with Gasteiger partial charge in [0.15, 0.2) is 6.66 Å². The van der Waals surface area contributed by atoms with Crippen molar-refractivity contribution in [2.45, 2.75) is 129 Å². The van der Waals surface area contributed by atoms with Crippen LogP contribution in [0.4, 0.5) is 0 Å². The molecule has 3 fully saturated rings. The van der Waals surface area contributed by atoms with E-state index in [4.69, 9.17) is 80.0 Å². The van der Waals surface area contributed by atoms with Crippen LogP contribution in [0.2, 0.25) is 0 Å². The Labute approximate surface area is 445 Å². The number of nitrogens with one attached hydrogen (secondary N) is 1. The molecule has 1 saturated heterocycles. The Kier molecular flexibility index (Phi) is 51.8. The first-order valence-corrected chi connectivity index (χ1v) is 33.6. The van der Waals surface area contributed by atoms with Gasteiger partial charge in [-0.05, 0) is 83.0 Å². The molecule has 0 aromatic heterocycles. The Morgan fingerprint density at radius 2 is 1.22 bits per heavy atom. The van der Waals surface area contributed by atoms with Gasteiger partial charge in [-0.1, -0.05) is 12.8 Å². The van der Waals surface area contributed by atoms with Gasteiger partial charge in [0.05, 0.1) is 65.1 Å². The summed E-state index contributed by atoms with van der Waals surface area (Å²) in [6.45, 7) is 8.48. The maximum absolute atomic E-state index is 13.0. The Hall–Kier alpha value is 3.07. The molecule has 400 valence electrons. The molecule has 0 bridgehead atoms. The van der Waals surface area contributed by atoms with Crippen molar-refractivity contribution >= 4 is 98.7 Å². The van der Waals surface area contributed by atoms with Crippen molar-refractivity contribution in [3.63, 3.8) is 0 Å². The van der Waals surface area contributed by atoms with E-state index in [0.29, 0.717) is 25.9 Å². The molecule has 3 aliphatic rings. The summed E-state index contributed by atoms with van der Waals surface area (Å²) >= 11 is 11.1. The number of halogens is 4. The van der Waals surface area contributed by atoms with Crippen molar-refractivity contribution in [2.24, 2.45) is 5.73 Å². The summed E-state index contributed by atoms with van der Waals surface area (Å²) in [5, 5.41) is 2.97. The third kappa shape index (κ3) is 51.0. The van der Waals surface area contributed by atoms with Gasteiger partial charge in [-0.2, -0.15) is 0 Å². The molecule has 0 aromatic rings. The molecule has 2 saturated carbocycles. The Balaban J connectivity index is -0.000000303. The van der Waals surface area contributed by atoms with Crippen LogP contribution in [0.5, 0.6) is 0 Å². The number of rotatable bonds is 26. The van der Waals surface area contributed by atoms with Gasteiger partial charge in [0.2, 0.25) is 0 Å². The molecule has 3 rings (SSSR count). The Morgan fingerprint density at radius 1 is 0.791 bits per heavy atom. The summed E-state index contributed by atoms with van der Waals surface area (Å²) in [6, 6.07) is 0.725. The predicted molar refractivity (Wildman–Crippen MR) is 264 cm³/mol. The zero-order chi connectivity index (χ0) is 51.7. The average Bonchev–Trinajstić information content (AvgIpc) is 3.53. The minimum atomic E-state index is -4.27. The van der Waals surface area contributed by atoms with Crippen LogP contribution in [-0.2, 0) is 86.8 Å². The van der Waals surface area contributed by atoms with E-state index in [2.05, 4.69) is 35.8 Å². The van der Waals surface area contributed by atoms with Crippen LogP contribution in [0.1, 0.15) is 81.4 Å². The first-order chi connectivity index (χ1) is 30.5. The van der Waals surface area contributed by atoms with Crippen LogP contribution in [0, 0.1) is 0 Å². The minimum Gasteiger partial charge on any atom is -0.870 e. The normalized spacial score (nSPS) is 22.7. The van der Waals surface area contributed by atoms with E-state index < -0.39 is 69.9 Å². The number of hydrogen-bond donors (Lipinski definition) is 2. The van der Waals surface area contributed by atoms with E-state index in [1.807, 2.05) is 23.1 Å². The van der Waals surface area contributed by atoms with Crippen molar-refractivity contribution in [3.8, 4) is 0 Å².